The van der Waals surface area contributed by atoms with Crippen LogP contribution >= 0.6 is 11.8 Å². The average molecular weight is 346 g/mol. The van der Waals surface area contributed by atoms with Crippen LogP contribution in [0.1, 0.15) is 26.3 Å². The van der Waals surface area contributed by atoms with Crippen LogP contribution in [-0.4, -0.2) is 33.1 Å². The predicted molar refractivity (Wildman–Crippen MR) is 98.3 cm³/mol. The predicted octanol–water partition coefficient (Wildman–Crippen LogP) is 3.16. The minimum absolute atomic E-state index is 0.0400. The van der Waals surface area contributed by atoms with Gasteiger partial charge in [-0.05, 0) is 43.4 Å². The lowest BCUT2D eigenvalue weighted by Gasteiger charge is -2.13. The normalized spacial score (nSPS) is 11.8. The summed E-state index contributed by atoms with van der Waals surface area (Å²) in [6, 6.07) is 8.49. The SMILES string of the molecule is CCCSCC(=O)Nc1cccc(NC(=O)[C@H](C)n2cccn2)c1. The Bertz CT molecular complexity index is 673. The van der Waals surface area contributed by atoms with Crippen LogP contribution < -0.4 is 10.6 Å². The number of hydrogen-bond acceptors (Lipinski definition) is 4. The molecule has 0 aliphatic heterocycles. The molecule has 0 spiro atoms. The van der Waals surface area contributed by atoms with Gasteiger partial charge in [0.25, 0.3) is 0 Å². The van der Waals surface area contributed by atoms with E-state index in [2.05, 4.69) is 22.7 Å². The number of anilines is 2. The smallest absolute Gasteiger partial charge is 0.248 e. The van der Waals surface area contributed by atoms with Crippen molar-refractivity contribution >= 4 is 35.0 Å². The first-order valence-corrected chi connectivity index (χ1v) is 9.03. The van der Waals surface area contributed by atoms with Crippen molar-refractivity contribution in [1.29, 1.82) is 0 Å². The lowest BCUT2D eigenvalue weighted by molar-refractivity contribution is -0.119. The van der Waals surface area contributed by atoms with Crippen molar-refractivity contribution in [1.82, 2.24) is 9.78 Å². The zero-order valence-corrected chi connectivity index (χ0v) is 14.7. The number of carbonyl (C=O) groups is 2. The molecule has 0 aliphatic rings. The summed E-state index contributed by atoms with van der Waals surface area (Å²) in [5, 5.41) is 9.75. The molecule has 24 heavy (non-hydrogen) atoms. The number of amides is 2. The summed E-state index contributed by atoms with van der Waals surface area (Å²) < 4.78 is 1.59. The van der Waals surface area contributed by atoms with Gasteiger partial charge >= 0.3 is 0 Å². The summed E-state index contributed by atoms with van der Waals surface area (Å²) in [5.41, 5.74) is 1.31. The molecule has 2 amide bonds. The van der Waals surface area contributed by atoms with Crippen molar-refractivity contribution < 1.29 is 9.59 Å². The van der Waals surface area contributed by atoms with Gasteiger partial charge in [0.05, 0.1) is 5.75 Å². The number of thioether (sulfide) groups is 1. The molecule has 0 saturated heterocycles. The van der Waals surface area contributed by atoms with E-state index in [1.54, 1.807) is 66.1 Å². The van der Waals surface area contributed by atoms with Crippen LogP contribution in [0.3, 0.4) is 0 Å². The second-order valence-electron chi connectivity index (χ2n) is 5.33. The molecular weight excluding hydrogens is 324 g/mol. The minimum atomic E-state index is -0.413. The molecule has 1 atom stereocenters. The van der Waals surface area contributed by atoms with Crippen LogP contribution in [0.2, 0.25) is 0 Å². The van der Waals surface area contributed by atoms with Crippen LogP contribution in [0.15, 0.2) is 42.7 Å². The van der Waals surface area contributed by atoms with Gasteiger partial charge in [0.15, 0.2) is 0 Å². The summed E-state index contributed by atoms with van der Waals surface area (Å²) >= 11 is 1.61. The Hall–Kier alpha value is -2.28. The minimum Gasteiger partial charge on any atom is -0.325 e. The maximum atomic E-state index is 12.3. The van der Waals surface area contributed by atoms with Gasteiger partial charge in [-0.2, -0.15) is 16.9 Å². The summed E-state index contributed by atoms with van der Waals surface area (Å²) in [4.78, 5) is 24.1. The molecule has 6 nitrogen and oxygen atoms in total. The Morgan fingerprint density at radius 2 is 2.00 bits per heavy atom. The number of benzene rings is 1. The van der Waals surface area contributed by atoms with E-state index in [0.29, 0.717) is 17.1 Å². The van der Waals surface area contributed by atoms with Crippen LogP contribution in [-0.2, 0) is 9.59 Å². The first kappa shape index (κ1) is 18.1. The van der Waals surface area contributed by atoms with Crippen molar-refractivity contribution in [3.05, 3.63) is 42.7 Å². The molecule has 128 valence electrons. The highest BCUT2D eigenvalue weighted by Crippen LogP contribution is 2.17. The zero-order chi connectivity index (χ0) is 17.4. The first-order chi connectivity index (χ1) is 11.6. The van der Waals surface area contributed by atoms with Crippen molar-refractivity contribution in [2.45, 2.75) is 26.3 Å². The van der Waals surface area contributed by atoms with Crippen LogP contribution in [0.4, 0.5) is 11.4 Å². The molecule has 2 N–H and O–H groups in total. The third-order valence-corrected chi connectivity index (χ3v) is 4.46. The highest BCUT2D eigenvalue weighted by atomic mass is 32.2. The molecule has 2 rings (SSSR count). The molecule has 7 heteroatoms. The van der Waals surface area contributed by atoms with Gasteiger partial charge in [-0.1, -0.05) is 13.0 Å². The van der Waals surface area contributed by atoms with E-state index < -0.39 is 6.04 Å². The van der Waals surface area contributed by atoms with Crippen molar-refractivity contribution in [2.75, 3.05) is 22.1 Å². The fraction of sp³-hybridized carbons (Fsp3) is 0.353. The Morgan fingerprint density at radius 3 is 2.67 bits per heavy atom. The average Bonchev–Trinajstić information content (AvgIpc) is 3.09. The van der Waals surface area contributed by atoms with Gasteiger partial charge in [-0.3, -0.25) is 14.3 Å². The van der Waals surface area contributed by atoms with Crippen LogP contribution in [0.25, 0.3) is 0 Å². The Morgan fingerprint density at radius 1 is 1.25 bits per heavy atom. The Kier molecular flexibility index (Phi) is 6.87. The maximum absolute atomic E-state index is 12.3. The molecule has 0 radical (unpaired) electrons. The molecule has 0 saturated carbocycles. The van der Waals surface area contributed by atoms with Gasteiger partial charge in [-0.15, -0.1) is 0 Å². The maximum Gasteiger partial charge on any atom is 0.248 e. The van der Waals surface area contributed by atoms with E-state index in [9.17, 15) is 9.59 Å². The van der Waals surface area contributed by atoms with Crippen molar-refractivity contribution in [3.63, 3.8) is 0 Å². The van der Waals surface area contributed by atoms with E-state index in [-0.39, 0.29) is 11.8 Å². The van der Waals surface area contributed by atoms with E-state index in [4.69, 9.17) is 0 Å². The molecule has 1 aromatic carbocycles. The molecule has 1 heterocycles. The fourth-order valence-electron chi connectivity index (χ4n) is 2.06. The van der Waals surface area contributed by atoms with Crippen LogP contribution in [0, 0.1) is 0 Å². The fourth-order valence-corrected chi connectivity index (χ4v) is 2.75. The van der Waals surface area contributed by atoms with Crippen LogP contribution in [0.5, 0.6) is 0 Å². The zero-order valence-electron chi connectivity index (χ0n) is 13.9. The highest BCUT2D eigenvalue weighted by Gasteiger charge is 2.15. The molecule has 0 bridgehead atoms. The standard InChI is InChI=1S/C17H22N4O2S/c1-3-10-24-12-16(22)19-14-6-4-7-15(11-14)20-17(23)13(2)21-9-5-8-18-21/h4-9,11,13H,3,10,12H2,1-2H3,(H,19,22)(H,20,23)/t13-/m0/s1. The monoisotopic (exact) mass is 346 g/mol. The van der Waals surface area contributed by atoms with E-state index >= 15 is 0 Å². The molecular formula is C17H22N4O2S. The lowest BCUT2D eigenvalue weighted by Crippen LogP contribution is -2.24. The summed E-state index contributed by atoms with van der Waals surface area (Å²) in [6.07, 6.45) is 4.43. The van der Waals surface area contributed by atoms with E-state index in [1.807, 2.05) is 0 Å². The summed E-state index contributed by atoms with van der Waals surface area (Å²) in [6.45, 7) is 3.86. The van der Waals surface area contributed by atoms with Gasteiger partial charge in [0.2, 0.25) is 11.8 Å². The number of nitrogens with one attached hydrogen (secondary N) is 2. The second kappa shape index (κ2) is 9.12. The van der Waals surface area contributed by atoms with Gasteiger partial charge in [-0.25, -0.2) is 0 Å². The molecule has 2 aromatic rings. The highest BCUT2D eigenvalue weighted by molar-refractivity contribution is 7.99. The van der Waals surface area contributed by atoms with Crippen molar-refractivity contribution in [2.24, 2.45) is 0 Å². The van der Waals surface area contributed by atoms with E-state index in [0.717, 1.165) is 12.2 Å². The summed E-state index contributed by atoms with van der Waals surface area (Å²) in [7, 11) is 0. The van der Waals surface area contributed by atoms with E-state index in [1.165, 1.54) is 0 Å². The number of hydrogen-bond donors (Lipinski definition) is 2. The lowest BCUT2D eigenvalue weighted by atomic mass is 10.2. The number of nitrogens with zero attached hydrogens (tertiary/aromatic N) is 2. The number of carbonyl (C=O) groups excluding carboxylic acids is 2. The first-order valence-electron chi connectivity index (χ1n) is 7.87. The third-order valence-electron chi connectivity index (χ3n) is 3.30. The Balaban J connectivity index is 1.92. The topological polar surface area (TPSA) is 76.0 Å². The van der Waals surface area contributed by atoms with Crippen molar-refractivity contribution in [3.8, 4) is 0 Å². The molecule has 0 unspecified atom stereocenters. The number of aromatic nitrogens is 2. The summed E-state index contributed by atoms with van der Waals surface area (Å²) in [5.74, 6) is 1.19. The third kappa shape index (κ3) is 5.42. The largest absolute Gasteiger partial charge is 0.325 e. The second-order valence-corrected chi connectivity index (χ2v) is 6.44. The molecule has 0 aliphatic carbocycles. The van der Waals surface area contributed by atoms with Gasteiger partial charge < -0.3 is 10.6 Å². The molecule has 1 aromatic heterocycles. The Labute approximate surface area is 146 Å². The van der Waals surface area contributed by atoms with Gasteiger partial charge in [0.1, 0.15) is 6.04 Å². The number of rotatable bonds is 8. The quantitative estimate of drug-likeness (QED) is 0.720. The van der Waals surface area contributed by atoms with Gasteiger partial charge in [0, 0.05) is 23.8 Å². The molecule has 0 fully saturated rings.